The number of carbonyl (C=O) groups excluding carboxylic acids is 1. The number of hydrogen-bond acceptors (Lipinski definition) is 5. The molecule has 3 aromatic heterocycles. The number of nitrogens with zero attached hydrogens (tertiary/aromatic N) is 3. The molecule has 0 radical (unpaired) electrons. The van der Waals surface area contributed by atoms with Crippen LogP contribution >= 0.6 is 0 Å². The number of hydrogen-bond donors (Lipinski definition) is 2. The molecule has 6 heteroatoms. The average molecular weight is 319 g/mol. The summed E-state index contributed by atoms with van der Waals surface area (Å²) in [5.41, 5.74) is 3.30. The highest BCUT2D eigenvalue weighted by atomic mass is 16.1. The lowest BCUT2D eigenvalue weighted by Gasteiger charge is -2.08. The van der Waals surface area contributed by atoms with Gasteiger partial charge in [0, 0.05) is 50.3 Å². The first kappa shape index (κ1) is 15.6. The highest BCUT2D eigenvalue weighted by Crippen LogP contribution is 2.10. The Bertz CT molecular complexity index is 793. The fraction of sp³-hybridized carbons (Fsp3) is 0.111. The van der Waals surface area contributed by atoms with Crippen LogP contribution in [0.5, 0.6) is 0 Å². The Morgan fingerprint density at radius 3 is 2.25 bits per heavy atom. The van der Waals surface area contributed by atoms with Crippen LogP contribution in [0.3, 0.4) is 0 Å². The highest BCUT2D eigenvalue weighted by molar-refractivity contribution is 5.94. The molecule has 0 aliphatic rings. The van der Waals surface area contributed by atoms with E-state index in [1.807, 2.05) is 24.3 Å². The number of nitrogens with one attached hydrogen (secondary N) is 2. The molecule has 0 aliphatic carbocycles. The summed E-state index contributed by atoms with van der Waals surface area (Å²) in [4.78, 5) is 24.5. The SMILES string of the molecule is O=C(NCc1cccnc1)c1cncc(NCc2cccnc2)c1. The van der Waals surface area contributed by atoms with Gasteiger partial charge in [-0.05, 0) is 29.3 Å². The van der Waals surface area contributed by atoms with Crippen molar-refractivity contribution in [1.29, 1.82) is 0 Å². The van der Waals surface area contributed by atoms with Crippen molar-refractivity contribution in [3.8, 4) is 0 Å². The van der Waals surface area contributed by atoms with Crippen molar-refractivity contribution in [3.63, 3.8) is 0 Å². The molecule has 120 valence electrons. The number of pyridine rings is 3. The predicted octanol–water partition coefficient (Wildman–Crippen LogP) is 2.41. The van der Waals surface area contributed by atoms with E-state index in [0.29, 0.717) is 18.7 Å². The molecular formula is C18H17N5O. The summed E-state index contributed by atoms with van der Waals surface area (Å²) >= 11 is 0. The van der Waals surface area contributed by atoms with Gasteiger partial charge in [0.2, 0.25) is 0 Å². The van der Waals surface area contributed by atoms with Crippen LogP contribution in [0.2, 0.25) is 0 Å². The second kappa shape index (κ2) is 7.82. The number of carbonyl (C=O) groups is 1. The molecule has 3 aromatic rings. The molecule has 0 aliphatic heterocycles. The summed E-state index contributed by atoms with van der Waals surface area (Å²) < 4.78 is 0. The molecule has 0 saturated carbocycles. The van der Waals surface area contributed by atoms with E-state index >= 15 is 0 Å². The zero-order chi connectivity index (χ0) is 16.6. The summed E-state index contributed by atoms with van der Waals surface area (Å²) in [6.07, 6.45) is 10.2. The van der Waals surface area contributed by atoms with Crippen LogP contribution < -0.4 is 10.6 Å². The average Bonchev–Trinajstić information content (AvgIpc) is 2.66. The van der Waals surface area contributed by atoms with Gasteiger partial charge < -0.3 is 10.6 Å². The summed E-state index contributed by atoms with van der Waals surface area (Å²) in [5, 5.41) is 6.10. The van der Waals surface area contributed by atoms with Crippen molar-refractivity contribution >= 4 is 11.6 Å². The molecule has 0 saturated heterocycles. The Morgan fingerprint density at radius 2 is 1.58 bits per heavy atom. The Hall–Kier alpha value is -3.28. The van der Waals surface area contributed by atoms with Gasteiger partial charge in [0.05, 0.1) is 11.3 Å². The molecular weight excluding hydrogens is 302 g/mol. The van der Waals surface area contributed by atoms with Crippen LogP contribution in [0.1, 0.15) is 21.5 Å². The summed E-state index contributed by atoms with van der Waals surface area (Å²) in [5.74, 6) is -0.170. The molecule has 0 atom stereocenters. The van der Waals surface area contributed by atoms with Crippen LogP contribution in [-0.4, -0.2) is 20.9 Å². The van der Waals surface area contributed by atoms with Gasteiger partial charge in [-0.1, -0.05) is 12.1 Å². The van der Waals surface area contributed by atoms with Crippen molar-refractivity contribution in [2.24, 2.45) is 0 Å². The fourth-order valence-electron chi connectivity index (χ4n) is 2.15. The van der Waals surface area contributed by atoms with Crippen LogP contribution in [0.4, 0.5) is 5.69 Å². The van der Waals surface area contributed by atoms with E-state index in [1.54, 1.807) is 43.2 Å². The first-order chi connectivity index (χ1) is 11.8. The molecule has 3 rings (SSSR count). The standard InChI is InChI=1S/C18H17N5O/c24-18(23-11-15-4-2-6-20-9-15)16-7-17(13-21-12-16)22-10-14-3-1-5-19-8-14/h1-9,12-13,22H,10-11H2,(H,23,24). The fourth-order valence-corrected chi connectivity index (χ4v) is 2.15. The molecule has 1 amide bonds. The monoisotopic (exact) mass is 319 g/mol. The van der Waals surface area contributed by atoms with E-state index in [1.165, 1.54) is 0 Å². The van der Waals surface area contributed by atoms with Crippen LogP contribution in [0.15, 0.2) is 67.5 Å². The molecule has 3 heterocycles. The minimum atomic E-state index is -0.170. The number of amides is 1. The summed E-state index contributed by atoms with van der Waals surface area (Å²) in [6, 6.07) is 9.40. The third-order valence-electron chi connectivity index (χ3n) is 3.40. The van der Waals surface area contributed by atoms with Crippen molar-refractivity contribution in [3.05, 3.63) is 84.2 Å². The van der Waals surface area contributed by atoms with E-state index in [0.717, 1.165) is 16.8 Å². The van der Waals surface area contributed by atoms with Crippen LogP contribution in [-0.2, 0) is 13.1 Å². The van der Waals surface area contributed by atoms with Crippen LogP contribution in [0, 0.1) is 0 Å². The van der Waals surface area contributed by atoms with Gasteiger partial charge in [0.25, 0.3) is 5.91 Å². The van der Waals surface area contributed by atoms with Gasteiger partial charge >= 0.3 is 0 Å². The third-order valence-corrected chi connectivity index (χ3v) is 3.40. The second-order valence-corrected chi connectivity index (χ2v) is 5.22. The molecule has 0 fully saturated rings. The maximum atomic E-state index is 12.2. The molecule has 0 aromatic carbocycles. The van der Waals surface area contributed by atoms with E-state index in [9.17, 15) is 4.79 Å². The van der Waals surface area contributed by atoms with Gasteiger partial charge in [0.15, 0.2) is 0 Å². The topological polar surface area (TPSA) is 79.8 Å². The molecule has 0 bridgehead atoms. The Balaban J connectivity index is 1.59. The van der Waals surface area contributed by atoms with Gasteiger partial charge in [-0.25, -0.2) is 0 Å². The summed E-state index contributed by atoms with van der Waals surface area (Å²) in [7, 11) is 0. The maximum absolute atomic E-state index is 12.2. The molecule has 2 N–H and O–H groups in total. The second-order valence-electron chi connectivity index (χ2n) is 5.22. The van der Waals surface area contributed by atoms with E-state index in [2.05, 4.69) is 25.6 Å². The van der Waals surface area contributed by atoms with Gasteiger partial charge in [0.1, 0.15) is 0 Å². The molecule has 6 nitrogen and oxygen atoms in total. The first-order valence-corrected chi connectivity index (χ1v) is 7.56. The summed E-state index contributed by atoms with van der Waals surface area (Å²) in [6.45, 7) is 1.05. The van der Waals surface area contributed by atoms with Crippen molar-refractivity contribution in [2.45, 2.75) is 13.1 Å². The molecule has 0 spiro atoms. The normalized spacial score (nSPS) is 10.2. The van der Waals surface area contributed by atoms with Crippen LogP contribution in [0.25, 0.3) is 0 Å². The lowest BCUT2D eigenvalue weighted by molar-refractivity contribution is 0.0950. The van der Waals surface area contributed by atoms with Gasteiger partial charge in [-0.15, -0.1) is 0 Å². The molecule has 0 unspecified atom stereocenters. The maximum Gasteiger partial charge on any atom is 0.253 e. The Morgan fingerprint density at radius 1 is 0.875 bits per heavy atom. The van der Waals surface area contributed by atoms with E-state index < -0.39 is 0 Å². The third kappa shape index (κ3) is 4.36. The number of aromatic nitrogens is 3. The zero-order valence-corrected chi connectivity index (χ0v) is 13.0. The zero-order valence-electron chi connectivity index (χ0n) is 13.0. The number of anilines is 1. The van der Waals surface area contributed by atoms with E-state index in [4.69, 9.17) is 0 Å². The highest BCUT2D eigenvalue weighted by Gasteiger charge is 2.07. The van der Waals surface area contributed by atoms with Gasteiger partial charge in [-0.3, -0.25) is 19.7 Å². The first-order valence-electron chi connectivity index (χ1n) is 7.56. The minimum Gasteiger partial charge on any atom is -0.380 e. The smallest absolute Gasteiger partial charge is 0.253 e. The Kier molecular flexibility index (Phi) is 5.09. The minimum absolute atomic E-state index is 0.170. The van der Waals surface area contributed by atoms with Crippen molar-refractivity contribution < 1.29 is 4.79 Å². The van der Waals surface area contributed by atoms with Crippen molar-refractivity contribution in [1.82, 2.24) is 20.3 Å². The van der Waals surface area contributed by atoms with Gasteiger partial charge in [-0.2, -0.15) is 0 Å². The lowest BCUT2D eigenvalue weighted by atomic mass is 10.2. The number of rotatable bonds is 6. The molecule has 24 heavy (non-hydrogen) atoms. The largest absolute Gasteiger partial charge is 0.380 e. The van der Waals surface area contributed by atoms with Crippen molar-refractivity contribution in [2.75, 3.05) is 5.32 Å². The lowest BCUT2D eigenvalue weighted by Crippen LogP contribution is -2.23. The predicted molar refractivity (Wildman–Crippen MR) is 91.2 cm³/mol. The Labute approximate surface area is 140 Å². The van der Waals surface area contributed by atoms with E-state index in [-0.39, 0.29) is 5.91 Å². The quantitative estimate of drug-likeness (QED) is 0.729.